The van der Waals surface area contributed by atoms with Crippen LogP contribution in [0.2, 0.25) is 0 Å². The second-order valence-corrected chi connectivity index (χ2v) is 7.03. The molecular formula is C16H16FNO3S. The van der Waals surface area contributed by atoms with E-state index in [2.05, 4.69) is 4.72 Å². The van der Waals surface area contributed by atoms with Gasteiger partial charge in [-0.05, 0) is 48.7 Å². The number of fused-ring (bicyclic) bond motifs is 1. The first-order valence-corrected chi connectivity index (χ1v) is 8.43. The molecule has 22 heavy (non-hydrogen) atoms. The van der Waals surface area contributed by atoms with E-state index in [9.17, 15) is 12.8 Å². The Kier molecular flexibility index (Phi) is 3.88. The zero-order chi connectivity index (χ0) is 15.7. The highest BCUT2D eigenvalue weighted by atomic mass is 32.2. The van der Waals surface area contributed by atoms with E-state index in [1.165, 1.54) is 12.1 Å². The van der Waals surface area contributed by atoms with Crippen LogP contribution in [0.4, 0.5) is 4.39 Å². The molecule has 2 aromatic carbocycles. The fraction of sp³-hybridized carbons (Fsp3) is 0.250. The second-order valence-electron chi connectivity index (χ2n) is 5.35. The van der Waals surface area contributed by atoms with E-state index < -0.39 is 15.8 Å². The normalized spacial score (nSPS) is 17.6. The molecule has 0 radical (unpaired) electrons. The monoisotopic (exact) mass is 321 g/mol. The van der Waals surface area contributed by atoms with Crippen LogP contribution in [0.25, 0.3) is 0 Å². The van der Waals surface area contributed by atoms with Crippen LogP contribution in [-0.4, -0.2) is 21.1 Å². The number of aryl methyl sites for hydroxylation is 1. The molecule has 0 fully saturated rings. The summed E-state index contributed by atoms with van der Waals surface area (Å²) in [5, 5.41) is 0. The van der Waals surface area contributed by atoms with Gasteiger partial charge >= 0.3 is 0 Å². The molecule has 0 spiro atoms. The third kappa shape index (κ3) is 2.98. The lowest BCUT2D eigenvalue weighted by atomic mass is 10.0. The number of hydrogen-bond acceptors (Lipinski definition) is 3. The third-order valence-electron chi connectivity index (χ3n) is 3.63. The van der Waals surface area contributed by atoms with Crippen molar-refractivity contribution in [1.29, 1.82) is 0 Å². The van der Waals surface area contributed by atoms with Gasteiger partial charge in [0, 0.05) is 0 Å². The molecule has 1 N–H and O–H groups in total. The van der Waals surface area contributed by atoms with Crippen LogP contribution in [0.15, 0.2) is 47.4 Å². The third-order valence-corrected chi connectivity index (χ3v) is 5.31. The molecule has 1 aliphatic rings. The van der Waals surface area contributed by atoms with Crippen molar-refractivity contribution < 1.29 is 17.5 Å². The summed E-state index contributed by atoms with van der Waals surface area (Å²) in [7, 11) is -3.71. The maximum Gasteiger partial charge on any atom is 0.241 e. The quantitative estimate of drug-likeness (QED) is 0.944. The van der Waals surface area contributed by atoms with Crippen molar-refractivity contribution in [3.63, 3.8) is 0 Å². The Labute approximate surface area is 129 Å². The summed E-state index contributed by atoms with van der Waals surface area (Å²) < 4.78 is 46.3. The standard InChI is InChI=1S/C16H16FNO3S/c1-11-8-13(17)6-7-16(11)22(19,20)18-14-9-12-4-2-3-5-15(12)21-10-14/h2-8,14,18H,9-10H2,1H3. The smallest absolute Gasteiger partial charge is 0.241 e. The van der Waals surface area contributed by atoms with Crippen LogP contribution < -0.4 is 9.46 Å². The summed E-state index contributed by atoms with van der Waals surface area (Å²) in [4.78, 5) is 0.0905. The van der Waals surface area contributed by atoms with Gasteiger partial charge in [0.15, 0.2) is 0 Å². The lowest BCUT2D eigenvalue weighted by molar-refractivity contribution is 0.254. The minimum Gasteiger partial charge on any atom is -0.492 e. The van der Waals surface area contributed by atoms with Crippen molar-refractivity contribution in [3.05, 3.63) is 59.4 Å². The molecule has 0 saturated carbocycles. The molecule has 0 bridgehead atoms. The van der Waals surface area contributed by atoms with E-state index in [-0.39, 0.29) is 17.5 Å². The molecule has 6 heteroatoms. The predicted molar refractivity (Wildman–Crippen MR) is 80.9 cm³/mol. The average molecular weight is 321 g/mol. The lowest BCUT2D eigenvalue weighted by Gasteiger charge is -2.26. The molecule has 1 unspecified atom stereocenters. The van der Waals surface area contributed by atoms with Crippen molar-refractivity contribution in [2.75, 3.05) is 6.61 Å². The summed E-state index contributed by atoms with van der Waals surface area (Å²) in [6, 6.07) is 10.8. The van der Waals surface area contributed by atoms with E-state index in [0.29, 0.717) is 12.0 Å². The molecule has 4 nitrogen and oxygen atoms in total. The fourth-order valence-corrected chi connectivity index (χ4v) is 4.05. The molecule has 0 aromatic heterocycles. The fourth-order valence-electron chi connectivity index (χ4n) is 2.60. The Morgan fingerprint density at radius 2 is 2.00 bits per heavy atom. The van der Waals surface area contributed by atoms with E-state index in [4.69, 9.17) is 4.74 Å². The van der Waals surface area contributed by atoms with Gasteiger partial charge in [-0.3, -0.25) is 0 Å². The molecule has 0 saturated heterocycles. The number of ether oxygens (including phenoxy) is 1. The van der Waals surface area contributed by atoms with Crippen molar-refractivity contribution in [2.24, 2.45) is 0 Å². The zero-order valence-corrected chi connectivity index (χ0v) is 12.9. The molecular weight excluding hydrogens is 305 g/mol. The number of sulfonamides is 1. The lowest BCUT2D eigenvalue weighted by Crippen LogP contribution is -2.42. The number of benzene rings is 2. The van der Waals surface area contributed by atoms with E-state index in [1.54, 1.807) is 6.92 Å². The van der Waals surface area contributed by atoms with Crippen LogP contribution >= 0.6 is 0 Å². The number of halogens is 1. The number of rotatable bonds is 3. The first kappa shape index (κ1) is 15.0. The van der Waals surface area contributed by atoms with Gasteiger partial charge in [0.1, 0.15) is 18.2 Å². The molecule has 1 atom stereocenters. The summed E-state index contributed by atoms with van der Waals surface area (Å²) in [5.41, 5.74) is 1.35. The maximum absolute atomic E-state index is 13.1. The van der Waals surface area contributed by atoms with E-state index in [1.807, 2.05) is 24.3 Å². The highest BCUT2D eigenvalue weighted by Crippen LogP contribution is 2.25. The van der Waals surface area contributed by atoms with Gasteiger partial charge in [-0.15, -0.1) is 0 Å². The van der Waals surface area contributed by atoms with Gasteiger partial charge < -0.3 is 4.74 Å². The molecule has 1 heterocycles. The zero-order valence-electron chi connectivity index (χ0n) is 12.0. The maximum atomic E-state index is 13.1. The molecule has 0 aliphatic carbocycles. The highest BCUT2D eigenvalue weighted by Gasteiger charge is 2.26. The summed E-state index contributed by atoms with van der Waals surface area (Å²) >= 11 is 0. The number of hydrogen-bond donors (Lipinski definition) is 1. The Hall–Kier alpha value is -1.92. The average Bonchev–Trinajstić information content (AvgIpc) is 2.46. The topological polar surface area (TPSA) is 55.4 Å². The van der Waals surface area contributed by atoms with E-state index >= 15 is 0 Å². The summed E-state index contributed by atoms with van der Waals surface area (Å²) in [5.74, 6) is 0.335. The van der Waals surface area contributed by atoms with Gasteiger partial charge in [0.05, 0.1) is 10.9 Å². The van der Waals surface area contributed by atoms with Gasteiger partial charge in [-0.25, -0.2) is 17.5 Å². The van der Waals surface area contributed by atoms with Crippen LogP contribution in [0.5, 0.6) is 5.75 Å². The first-order chi connectivity index (χ1) is 10.5. The largest absolute Gasteiger partial charge is 0.492 e. The Morgan fingerprint density at radius 3 is 2.77 bits per heavy atom. The SMILES string of the molecule is Cc1cc(F)ccc1S(=O)(=O)NC1COc2ccccc2C1. The minimum atomic E-state index is -3.71. The Bertz CT molecular complexity index is 805. The molecule has 0 amide bonds. The second kappa shape index (κ2) is 5.70. The van der Waals surface area contributed by atoms with Crippen LogP contribution in [0.1, 0.15) is 11.1 Å². The van der Waals surface area contributed by atoms with Crippen molar-refractivity contribution in [1.82, 2.24) is 4.72 Å². The van der Waals surface area contributed by atoms with Crippen molar-refractivity contribution in [3.8, 4) is 5.75 Å². The van der Waals surface area contributed by atoms with Crippen molar-refractivity contribution >= 4 is 10.0 Å². The van der Waals surface area contributed by atoms with Crippen LogP contribution in [0.3, 0.4) is 0 Å². The van der Waals surface area contributed by atoms with Gasteiger partial charge in [0.2, 0.25) is 10.0 Å². The molecule has 2 aromatic rings. The predicted octanol–water partition coefficient (Wildman–Crippen LogP) is 2.42. The van der Waals surface area contributed by atoms with Gasteiger partial charge in [0.25, 0.3) is 0 Å². The Morgan fingerprint density at radius 1 is 1.23 bits per heavy atom. The van der Waals surface area contributed by atoms with Crippen molar-refractivity contribution in [2.45, 2.75) is 24.3 Å². The summed E-state index contributed by atoms with van der Waals surface area (Å²) in [6.07, 6.45) is 0.565. The van der Waals surface area contributed by atoms with Gasteiger partial charge in [-0.1, -0.05) is 18.2 Å². The van der Waals surface area contributed by atoms with Crippen LogP contribution in [-0.2, 0) is 16.4 Å². The molecule has 3 rings (SSSR count). The van der Waals surface area contributed by atoms with E-state index in [0.717, 1.165) is 17.4 Å². The number of para-hydroxylation sites is 1. The number of nitrogens with one attached hydrogen (secondary N) is 1. The summed E-state index contributed by atoms with van der Waals surface area (Å²) in [6.45, 7) is 1.85. The van der Waals surface area contributed by atoms with Gasteiger partial charge in [-0.2, -0.15) is 0 Å². The molecule has 1 aliphatic heterocycles. The minimum absolute atomic E-state index is 0.0905. The molecule has 116 valence electrons. The Balaban J connectivity index is 1.81. The van der Waals surface area contributed by atoms with Crippen LogP contribution in [0, 0.1) is 12.7 Å². The highest BCUT2D eigenvalue weighted by molar-refractivity contribution is 7.89. The first-order valence-electron chi connectivity index (χ1n) is 6.95.